The highest BCUT2D eigenvalue weighted by atomic mass is 19.1. The van der Waals surface area contributed by atoms with Crippen LogP contribution in [0.2, 0.25) is 0 Å². The van der Waals surface area contributed by atoms with Gasteiger partial charge in [0.15, 0.2) is 11.6 Å². The summed E-state index contributed by atoms with van der Waals surface area (Å²) in [6.07, 6.45) is 0. The van der Waals surface area contributed by atoms with Gasteiger partial charge in [-0.15, -0.1) is 0 Å². The quantitative estimate of drug-likeness (QED) is 0.819. The normalized spacial score (nSPS) is 12.6. The predicted octanol–water partition coefficient (Wildman–Crippen LogP) is 3.29. The summed E-state index contributed by atoms with van der Waals surface area (Å²) >= 11 is 0. The summed E-state index contributed by atoms with van der Waals surface area (Å²) < 4.78 is 18.9. The molecule has 0 heterocycles. The standard InChI is InChI=1S/C14H23FN2O/c1-6-18-14-8-13(12(16)7-11(14)15)17(5)10(4)9(2)3/h7-10H,6,16H2,1-5H3. The van der Waals surface area contributed by atoms with Crippen molar-refractivity contribution in [3.8, 4) is 5.75 Å². The van der Waals surface area contributed by atoms with Crippen LogP contribution in [0.1, 0.15) is 27.7 Å². The fraction of sp³-hybridized carbons (Fsp3) is 0.571. The van der Waals surface area contributed by atoms with E-state index in [0.29, 0.717) is 24.3 Å². The molecule has 0 saturated heterocycles. The van der Waals surface area contributed by atoms with Gasteiger partial charge in [0.05, 0.1) is 18.0 Å². The van der Waals surface area contributed by atoms with E-state index in [1.165, 1.54) is 6.07 Å². The fourth-order valence-electron chi connectivity index (χ4n) is 1.80. The van der Waals surface area contributed by atoms with Gasteiger partial charge >= 0.3 is 0 Å². The van der Waals surface area contributed by atoms with Gasteiger partial charge in [-0.1, -0.05) is 13.8 Å². The molecule has 18 heavy (non-hydrogen) atoms. The first-order valence-electron chi connectivity index (χ1n) is 6.33. The first-order valence-corrected chi connectivity index (χ1v) is 6.33. The predicted molar refractivity (Wildman–Crippen MR) is 74.7 cm³/mol. The number of nitrogens with zero attached hydrogens (tertiary/aromatic N) is 1. The molecule has 0 aromatic heterocycles. The molecule has 1 rings (SSSR count). The highest BCUT2D eigenvalue weighted by molar-refractivity contribution is 5.70. The highest BCUT2D eigenvalue weighted by Gasteiger charge is 2.18. The number of anilines is 2. The number of ether oxygens (including phenoxy) is 1. The maximum atomic E-state index is 13.6. The average molecular weight is 254 g/mol. The van der Waals surface area contributed by atoms with Crippen LogP contribution in [-0.4, -0.2) is 19.7 Å². The number of nitrogens with two attached hydrogens (primary N) is 1. The smallest absolute Gasteiger partial charge is 0.167 e. The number of halogens is 1. The van der Waals surface area contributed by atoms with Gasteiger partial charge in [0.25, 0.3) is 0 Å². The Kier molecular flexibility index (Phi) is 4.82. The molecule has 0 fully saturated rings. The van der Waals surface area contributed by atoms with Gasteiger partial charge < -0.3 is 15.4 Å². The highest BCUT2D eigenvalue weighted by Crippen LogP contribution is 2.32. The van der Waals surface area contributed by atoms with Crippen LogP contribution in [0.5, 0.6) is 5.75 Å². The van der Waals surface area contributed by atoms with Gasteiger partial charge in [0, 0.05) is 25.2 Å². The Bertz CT molecular complexity index is 407. The second-order valence-electron chi connectivity index (χ2n) is 4.87. The lowest BCUT2D eigenvalue weighted by Crippen LogP contribution is -2.33. The number of hydrogen-bond donors (Lipinski definition) is 1. The molecular weight excluding hydrogens is 231 g/mol. The van der Waals surface area contributed by atoms with E-state index in [9.17, 15) is 4.39 Å². The number of hydrogen-bond acceptors (Lipinski definition) is 3. The minimum atomic E-state index is -0.413. The van der Waals surface area contributed by atoms with E-state index in [0.717, 1.165) is 5.69 Å². The Labute approximate surface area is 109 Å². The molecule has 2 N–H and O–H groups in total. The van der Waals surface area contributed by atoms with Gasteiger partial charge in [-0.3, -0.25) is 0 Å². The van der Waals surface area contributed by atoms with Gasteiger partial charge in [-0.2, -0.15) is 0 Å². The summed E-state index contributed by atoms with van der Waals surface area (Å²) in [5, 5.41) is 0. The Morgan fingerprint density at radius 2 is 1.94 bits per heavy atom. The lowest BCUT2D eigenvalue weighted by molar-refractivity contribution is 0.321. The van der Waals surface area contributed by atoms with Crippen molar-refractivity contribution in [2.75, 3.05) is 24.3 Å². The maximum Gasteiger partial charge on any atom is 0.167 e. The Morgan fingerprint density at radius 3 is 2.44 bits per heavy atom. The van der Waals surface area contributed by atoms with E-state index in [1.807, 2.05) is 14.0 Å². The SMILES string of the molecule is CCOc1cc(N(C)C(C)C(C)C)c(N)cc1F. The van der Waals surface area contributed by atoms with E-state index in [-0.39, 0.29) is 5.75 Å². The van der Waals surface area contributed by atoms with Crippen LogP contribution in [0, 0.1) is 11.7 Å². The summed E-state index contributed by atoms with van der Waals surface area (Å²) in [7, 11) is 1.96. The Balaban J connectivity index is 3.11. The third-order valence-electron chi connectivity index (χ3n) is 3.34. The average Bonchev–Trinajstić information content (AvgIpc) is 2.30. The van der Waals surface area contributed by atoms with Crippen molar-refractivity contribution < 1.29 is 9.13 Å². The van der Waals surface area contributed by atoms with Crippen molar-refractivity contribution in [2.24, 2.45) is 5.92 Å². The van der Waals surface area contributed by atoms with Crippen LogP contribution in [0.3, 0.4) is 0 Å². The summed E-state index contributed by atoms with van der Waals surface area (Å²) in [5.74, 6) is 0.322. The topological polar surface area (TPSA) is 38.5 Å². The van der Waals surface area contributed by atoms with E-state index in [2.05, 4.69) is 25.7 Å². The summed E-state index contributed by atoms with van der Waals surface area (Å²) in [4.78, 5) is 2.06. The van der Waals surface area contributed by atoms with E-state index < -0.39 is 5.82 Å². The van der Waals surface area contributed by atoms with Crippen LogP contribution in [0.4, 0.5) is 15.8 Å². The largest absolute Gasteiger partial charge is 0.491 e. The molecule has 1 aromatic rings. The molecule has 0 radical (unpaired) electrons. The van der Waals surface area contributed by atoms with Crippen molar-refractivity contribution >= 4 is 11.4 Å². The zero-order valence-corrected chi connectivity index (χ0v) is 11.8. The van der Waals surface area contributed by atoms with Gasteiger partial charge in [-0.05, 0) is 19.8 Å². The Hall–Kier alpha value is -1.45. The lowest BCUT2D eigenvalue weighted by atomic mass is 10.0. The molecule has 0 aliphatic rings. The number of nitrogen functional groups attached to an aromatic ring is 1. The minimum Gasteiger partial charge on any atom is -0.491 e. The third-order valence-corrected chi connectivity index (χ3v) is 3.34. The second-order valence-corrected chi connectivity index (χ2v) is 4.87. The van der Waals surface area contributed by atoms with Crippen molar-refractivity contribution in [3.05, 3.63) is 17.9 Å². The van der Waals surface area contributed by atoms with E-state index >= 15 is 0 Å². The van der Waals surface area contributed by atoms with Crippen molar-refractivity contribution in [1.29, 1.82) is 0 Å². The van der Waals surface area contributed by atoms with Gasteiger partial charge in [0.2, 0.25) is 0 Å². The Morgan fingerprint density at radius 1 is 1.33 bits per heavy atom. The maximum absolute atomic E-state index is 13.6. The molecule has 0 saturated carbocycles. The van der Waals surface area contributed by atoms with E-state index in [4.69, 9.17) is 10.5 Å². The summed E-state index contributed by atoms with van der Waals surface area (Å²) in [5.41, 5.74) is 7.13. The van der Waals surface area contributed by atoms with Crippen LogP contribution in [0.25, 0.3) is 0 Å². The van der Waals surface area contributed by atoms with Crippen molar-refractivity contribution in [1.82, 2.24) is 0 Å². The number of rotatable bonds is 5. The molecule has 1 unspecified atom stereocenters. The van der Waals surface area contributed by atoms with Crippen LogP contribution >= 0.6 is 0 Å². The molecule has 0 spiro atoms. The first-order chi connectivity index (χ1) is 8.38. The third kappa shape index (κ3) is 3.06. The lowest BCUT2D eigenvalue weighted by Gasteiger charge is -2.31. The fourth-order valence-corrected chi connectivity index (χ4v) is 1.80. The molecule has 3 nitrogen and oxygen atoms in total. The molecule has 1 atom stereocenters. The van der Waals surface area contributed by atoms with Crippen LogP contribution in [-0.2, 0) is 0 Å². The first kappa shape index (κ1) is 14.6. The molecule has 0 aliphatic carbocycles. The van der Waals surface area contributed by atoms with Gasteiger partial charge in [-0.25, -0.2) is 4.39 Å². The van der Waals surface area contributed by atoms with Crippen LogP contribution in [0.15, 0.2) is 12.1 Å². The second kappa shape index (κ2) is 5.94. The molecular formula is C14H23FN2O. The van der Waals surface area contributed by atoms with Crippen LogP contribution < -0.4 is 15.4 Å². The molecule has 0 aliphatic heterocycles. The summed E-state index contributed by atoms with van der Waals surface area (Å²) in [6.45, 7) is 8.67. The molecule has 0 amide bonds. The zero-order chi connectivity index (χ0) is 13.9. The molecule has 0 bridgehead atoms. The molecule has 1 aromatic carbocycles. The molecule has 4 heteroatoms. The minimum absolute atomic E-state index is 0.254. The molecule has 102 valence electrons. The summed E-state index contributed by atoms with van der Waals surface area (Å²) in [6, 6.07) is 3.31. The zero-order valence-electron chi connectivity index (χ0n) is 11.8. The van der Waals surface area contributed by atoms with Crippen molar-refractivity contribution in [3.63, 3.8) is 0 Å². The van der Waals surface area contributed by atoms with Gasteiger partial charge in [0.1, 0.15) is 0 Å². The van der Waals surface area contributed by atoms with Crippen molar-refractivity contribution in [2.45, 2.75) is 33.7 Å². The number of benzene rings is 1. The van der Waals surface area contributed by atoms with E-state index in [1.54, 1.807) is 6.07 Å². The monoisotopic (exact) mass is 254 g/mol.